The molecule has 0 N–H and O–H groups in total. The van der Waals surface area contributed by atoms with Crippen molar-refractivity contribution < 1.29 is 26.7 Å². The van der Waals surface area contributed by atoms with Gasteiger partial charge in [-0.05, 0) is 6.92 Å². The van der Waals surface area contributed by atoms with Crippen LogP contribution in [0.15, 0.2) is 0 Å². The molecule has 0 bridgehead atoms. The topological polar surface area (TPSA) is 9.23 Å². The van der Waals surface area contributed by atoms with Gasteiger partial charge in [-0.25, -0.2) is 22.0 Å². The molecule has 3 unspecified atom stereocenters. The molecule has 0 radical (unpaired) electrons. The van der Waals surface area contributed by atoms with Gasteiger partial charge in [-0.3, -0.25) is 0 Å². The Kier molecular flexibility index (Phi) is 5.94. The van der Waals surface area contributed by atoms with E-state index in [9.17, 15) is 22.0 Å². The smallest absolute Gasteiger partial charge is 0.272 e. The van der Waals surface area contributed by atoms with E-state index >= 15 is 0 Å². The highest BCUT2D eigenvalue weighted by Crippen LogP contribution is 2.18. The summed E-state index contributed by atoms with van der Waals surface area (Å²) < 4.78 is 64.6. The van der Waals surface area contributed by atoms with E-state index in [0.717, 1.165) is 0 Å². The first-order valence-corrected chi connectivity index (χ1v) is 3.78. The second kappa shape index (κ2) is 6.12. The molecule has 6 heteroatoms. The number of halogens is 5. The van der Waals surface area contributed by atoms with Crippen molar-refractivity contribution in [3.8, 4) is 0 Å². The fraction of sp³-hybridized carbons (Fsp3) is 1.00. The maximum atomic E-state index is 12.5. The summed E-state index contributed by atoms with van der Waals surface area (Å²) in [6.45, 7) is -0.286. The Morgan fingerprint density at radius 3 is 2.00 bits per heavy atom. The third-order valence-corrected chi connectivity index (χ3v) is 1.42. The molecule has 13 heavy (non-hydrogen) atoms. The van der Waals surface area contributed by atoms with Crippen molar-refractivity contribution in [3.05, 3.63) is 0 Å². The van der Waals surface area contributed by atoms with Crippen LogP contribution in [-0.4, -0.2) is 38.2 Å². The lowest BCUT2D eigenvalue weighted by molar-refractivity contribution is -0.0961. The highest BCUT2D eigenvalue weighted by atomic mass is 19.3. The first kappa shape index (κ1) is 12.6. The van der Waals surface area contributed by atoms with E-state index in [-0.39, 0.29) is 6.61 Å². The largest absolute Gasteiger partial charge is 0.372 e. The third-order valence-electron chi connectivity index (χ3n) is 1.42. The molecule has 0 aromatic heterocycles. The zero-order valence-electron chi connectivity index (χ0n) is 7.02. The number of hydrogen-bond donors (Lipinski definition) is 0. The van der Waals surface area contributed by atoms with Gasteiger partial charge in [0.15, 0.2) is 12.3 Å². The van der Waals surface area contributed by atoms with Gasteiger partial charge in [0.05, 0.1) is 0 Å². The molecule has 3 atom stereocenters. The van der Waals surface area contributed by atoms with Gasteiger partial charge in [-0.15, -0.1) is 0 Å². The summed E-state index contributed by atoms with van der Waals surface area (Å²) in [4.78, 5) is 0. The van der Waals surface area contributed by atoms with Crippen LogP contribution in [0.3, 0.4) is 0 Å². The van der Waals surface area contributed by atoms with Gasteiger partial charge in [0, 0.05) is 6.61 Å². The average Bonchev–Trinajstić information content (AvgIpc) is 2.11. The number of hydrogen-bond acceptors (Lipinski definition) is 1. The van der Waals surface area contributed by atoms with Gasteiger partial charge >= 0.3 is 0 Å². The second-order valence-corrected chi connectivity index (χ2v) is 2.37. The average molecular weight is 206 g/mol. The second-order valence-electron chi connectivity index (χ2n) is 2.37. The van der Waals surface area contributed by atoms with Crippen LogP contribution >= 0.6 is 0 Å². The van der Waals surface area contributed by atoms with Crippen molar-refractivity contribution in [1.29, 1.82) is 0 Å². The normalized spacial score (nSPS) is 18.7. The van der Waals surface area contributed by atoms with Crippen molar-refractivity contribution in [2.45, 2.75) is 31.8 Å². The minimum absolute atomic E-state index is 0.141. The van der Waals surface area contributed by atoms with Crippen LogP contribution in [0.2, 0.25) is 0 Å². The zero-order valence-corrected chi connectivity index (χ0v) is 7.02. The third kappa shape index (κ3) is 3.89. The van der Waals surface area contributed by atoms with Crippen molar-refractivity contribution in [2.24, 2.45) is 0 Å². The minimum Gasteiger partial charge on any atom is -0.372 e. The molecule has 0 aliphatic carbocycles. The van der Waals surface area contributed by atoms with Crippen LogP contribution in [0.1, 0.15) is 6.92 Å². The quantitative estimate of drug-likeness (QED) is 0.606. The molecule has 0 saturated carbocycles. The first-order valence-electron chi connectivity index (χ1n) is 3.78. The Balaban J connectivity index is 4.22. The van der Waals surface area contributed by atoms with Gasteiger partial charge in [-0.2, -0.15) is 0 Å². The summed E-state index contributed by atoms with van der Waals surface area (Å²) in [5, 5.41) is 0. The minimum atomic E-state index is -3.36. The van der Waals surface area contributed by atoms with Crippen LogP contribution in [0, 0.1) is 0 Å². The van der Waals surface area contributed by atoms with Crippen LogP contribution < -0.4 is 0 Å². The predicted molar refractivity (Wildman–Crippen MR) is 37.2 cm³/mol. The van der Waals surface area contributed by atoms with Gasteiger partial charge < -0.3 is 4.74 Å². The number of rotatable bonds is 6. The predicted octanol–water partition coefficient (Wildman–Crippen LogP) is 2.30. The lowest BCUT2D eigenvalue weighted by atomic mass is 10.1. The maximum absolute atomic E-state index is 12.5. The summed E-state index contributed by atoms with van der Waals surface area (Å²) in [6.07, 6.45) is -10.5. The summed E-state index contributed by atoms with van der Waals surface area (Å²) in [7, 11) is 0. The Morgan fingerprint density at radius 2 is 1.69 bits per heavy atom. The lowest BCUT2D eigenvalue weighted by Crippen LogP contribution is -2.40. The Hall–Kier alpha value is -0.390. The lowest BCUT2D eigenvalue weighted by Gasteiger charge is -2.22. The van der Waals surface area contributed by atoms with Crippen LogP contribution in [-0.2, 0) is 4.74 Å². The molecule has 0 fully saturated rings. The summed E-state index contributed by atoms with van der Waals surface area (Å²) in [5.41, 5.74) is 0. The van der Waals surface area contributed by atoms with Crippen molar-refractivity contribution in [2.75, 3.05) is 13.3 Å². The zero-order chi connectivity index (χ0) is 10.4. The van der Waals surface area contributed by atoms with E-state index in [1.165, 1.54) is 6.92 Å². The van der Waals surface area contributed by atoms with Crippen LogP contribution in [0.4, 0.5) is 22.0 Å². The first-order chi connectivity index (χ1) is 6.04. The molecule has 80 valence electrons. The highest BCUT2D eigenvalue weighted by molar-refractivity contribution is 4.79. The molecule has 0 aliphatic heterocycles. The highest BCUT2D eigenvalue weighted by Gasteiger charge is 2.36. The Morgan fingerprint density at radius 1 is 1.15 bits per heavy atom. The van der Waals surface area contributed by atoms with Crippen molar-refractivity contribution >= 4 is 0 Å². The molecular weight excluding hydrogens is 195 g/mol. The van der Waals surface area contributed by atoms with E-state index in [0.29, 0.717) is 0 Å². The van der Waals surface area contributed by atoms with E-state index < -0.39 is 31.5 Å². The number of ether oxygens (including phenoxy) is 1. The molecule has 0 aliphatic rings. The standard InChI is InChI=1S/C7H11F5O/c1-2-13-6(4(9)3-8)5(10)7(11)12/h4-7H,2-3H2,1H3. The molecule has 0 amide bonds. The van der Waals surface area contributed by atoms with Crippen LogP contribution in [0.25, 0.3) is 0 Å². The molecule has 0 aromatic rings. The summed E-state index contributed by atoms with van der Waals surface area (Å²) in [6, 6.07) is 0. The maximum Gasteiger partial charge on any atom is 0.272 e. The molecule has 0 heterocycles. The Labute approximate surface area is 72.9 Å². The van der Waals surface area contributed by atoms with Crippen molar-refractivity contribution in [1.82, 2.24) is 0 Å². The Bertz CT molecular complexity index is 132. The number of alkyl halides is 5. The van der Waals surface area contributed by atoms with Crippen LogP contribution in [0.5, 0.6) is 0 Å². The van der Waals surface area contributed by atoms with E-state index in [1.54, 1.807) is 0 Å². The van der Waals surface area contributed by atoms with E-state index in [4.69, 9.17) is 0 Å². The van der Waals surface area contributed by atoms with E-state index in [1.807, 2.05) is 0 Å². The fourth-order valence-corrected chi connectivity index (χ4v) is 0.819. The van der Waals surface area contributed by atoms with Gasteiger partial charge in [0.25, 0.3) is 6.43 Å². The molecule has 0 spiro atoms. The van der Waals surface area contributed by atoms with Gasteiger partial charge in [0.1, 0.15) is 12.8 Å². The summed E-state index contributed by atoms with van der Waals surface area (Å²) in [5.74, 6) is 0. The summed E-state index contributed by atoms with van der Waals surface area (Å²) >= 11 is 0. The molecule has 0 aromatic carbocycles. The van der Waals surface area contributed by atoms with Crippen molar-refractivity contribution in [3.63, 3.8) is 0 Å². The van der Waals surface area contributed by atoms with E-state index in [2.05, 4.69) is 4.74 Å². The monoisotopic (exact) mass is 206 g/mol. The molecule has 0 rings (SSSR count). The van der Waals surface area contributed by atoms with Gasteiger partial charge in [0.2, 0.25) is 0 Å². The molecule has 0 saturated heterocycles. The molecule has 1 nitrogen and oxygen atoms in total. The van der Waals surface area contributed by atoms with Gasteiger partial charge in [-0.1, -0.05) is 0 Å². The molecular formula is C7H11F5O. The fourth-order valence-electron chi connectivity index (χ4n) is 0.819. The SMILES string of the molecule is CCOC(C(F)CF)C(F)C(F)F.